The zero-order chi connectivity index (χ0) is 16.9. The molecule has 3 N–H and O–H groups in total. The quantitative estimate of drug-likeness (QED) is 0.627. The van der Waals surface area contributed by atoms with E-state index in [0.717, 1.165) is 19.3 Å². The van der Waals surface area contributed by atoms with Crippen molar-refractivity contribution in [2.24, 2.45) is 5.92 Å². The van der Waals surface area contributed by atoms with Gasteiger partial charge < -0.3 is 20.1 Å². The molecule has 0 aromatic carbocycles. The summed E-state index contributed by atoms with van der Waals surface area (Å²) >= 11 is 5.65. The van der Waals surface area contributed by atoms with Crippen molar-refractivity contribution in [1.82, 2.24) is 15.3 Å². The summed E-state index contributed by atoms with van der Waals surface area (Å²) in [6.45, 7) is 1.75. The molecule has 1 saturated carbocycles. The summed E-state index contributed by atoms with van der Waals surface area (Å²) in [5.74, 6) is 0.636. The highest BCUT2D eigenvalue weighted by Gasteiger charge is 2.32. The standard InChI is InChI=1S/C15H21ClN4O4/c16-11-5-17-15(20-14(11)22)18-6-12(9-1-2-9)19-13(21)8-24-10-3-4-23-7-10/h5,9-10,12H,1-4,6-8H2,(H,19,21)(H2,17,18,20,22). The Morgan fingerprint density at radius 2 is 2.33 bits per heavy atom. The molecule has 3 rings (SSSR count). The van der Waals surface area contributed by atoms with Gasteiger partial charge in [0.25, 0.3) is 5.56 Å². The first-order valence-corrected chi connectivity index (χ1v) is 8.47. The molecule has 0 spiro atoms. The van der Waals surface area contributed by atoms with Crippen molar-refractivity contribution in [3.8, 4) is 0 Å². The van der Waals surface area contributed by atoms with Gasteiger partial charge in [-0.2, -0.15) is 0 Å². The number of aromatic amines is 1. The summed E-state index contributed by atoms with van der Waals surface area (Å²) in [6, 6.07) is -0.0260. The predicted octanol–water partition coefficient (Wildman–Crippen LogP) is 0.535. The smallest absolute Gasteiger partial charge is 0.271 e. The average molecular weight is 357 g/mol. The number of H-pyrrole nitrogens is 1. The van der Waals surface area contributed by atoms with Gasteiger partial charge in [-0.1, -0.05) is 11.6 Å². The molecular formula is C15H21ClN4O4. The van der Waals surface area contributed by atoms with Crippen LogP contribution >= 0.6 is 11.6 Å². The van der Waals surface area contributed by atoms with Crippen LogP contribution in [0.4, 0.5) is 5.95 Å². The number of rotatable bonds is 8. The topological polar surface area (TPSA) is 105 Å². The summed E-state index contributed by atoms with van der Waals surface area (Å²) in [6.07, 6.45) is 4.29. The monoisotopic (exact) mass is 356 g/mol. The molecule has 2 atom stereocenters. The van der Waals surface area contributed by atoms with Crippen LogP contribution in [0.2, 0.25) is 5.02 Å². The molecule has 1 saturated heterocycles. The molecule has 2 aliphatic rings. The van der Waals surface area contributed by atoms with E-state index in [1.165, 1.54) is 6.20 Å². The summed E-state index contributed by atoms with van der Waals surface area (Å²) in [5.41, 5.74) is -0.395. The largest absolute Gasteiger partial charge is 0.379 e. The van der Waals surface area contributed by atoms with Gasteiger partial charge in [0, 0.05) is 19.2 Å². The maximum atomic E-state index is 12.1. The van der Waals surface area contributed by atoms with Gasteiger partial charge in [-0.3, -0.25) is 14.6 Å². The van der Waals surface area contributed by atoms with E-state index in [9.17, 15) is 9.59 Å². The Balaban J connectivity index is 1.46. The van der Waals surface area contributed by atoms with Gasteiger partial charge in [-0.25, -0.2) is 4.98 Å². The highest BCUT2D eigenvalue weighted by Crippen LogP contribution is 2.32. The van der Waals surface area contributed by atoms with Crippen molar-refractivity contribution in [1.29, 1.82) is 0 Å². The third-order valence-electron chi connectivity index (χ3n) is 4.12. The van der Waals surface area contributed by atoms with Crippen LogP contribution in [0, 0.1) is 5.92 Å². The van der Waals surface area contributed by atoms with E-state index in [2.05, 4.69) is 20.6 Å². The Hall–Kier alpha value is -1.64. The minimum atomic E-state index is -0.395. The number of aromatic nitrogens is 2. The Morgan fingerprint density at radius 3 is 3.00 bits per heavy atom. The Kier molecular flexibility index (Phi) is 5.70. The molecule has 2 fully saturated rings. The number of nitrogens with zero attached hydrogens (tertiary/aromatic N) is 1. The van der Waals surface area contributed by atoms with E-state index in [1.807, 2.05) is 0 Å². The fourth-order valence-electron chi connectivity index (χ4n) is 2.60. The van der Waals surface area contributed by atoms with E-state index < -0.39 is 5.56 Å². The van der Waals surface area contributed by atoms with Crippen molar-refractivity contribution >= 4 is 23.5 Å². The molecule has 1 amide bonds. The normalized spacial score (nSPS) is 21.5. The van der Waals surface area contributed by atoms with Gasteiger partial charge in [0.15, 0.2) is 0 Å². The van der Waals surface area contributed by atoms with E-state index >= 15 is 0 Å². The van der Waals surface area contributed by atoms with Crippen LogP contribution in [0.1, 0.15) is 19.3 Å². The molecule has 9 heteroatoms. The first-order valence-electron chi connectivity index (χ1n) is 8.09. The molecule has 0 radical (unpaired) electrons. The molecule has 1 aliphatic heterocycles. The van der Waals surface area contributed by atoms with Crippen LogP contribution in [0.25, 0.3) is 0 Å². The van der Waals surface area contributed by atoms with Crippen LogP contribution in [0.3, 0.4) is 0 Å². The lowest BCUT2D eigenvalue weighted by atomic mass is 10.2. The molecule has 2 heterocycles. The first-order chi connectivity index (χ1) is 11.6. The van der Waals surface area contributed by atoms with Gasteiger partial charge >= 0.3 is 0 Å². The minimum Gasteiger partial charge on any atom is -0.379 e. The Morgan fingerprint density at radius 1 is 1.50 bits per heavy atom. The molecular weight excluding hydrogens is 336 g/mol. The average Bonchev–Trinajstić information content (AvgIpc) is 3.28. The van der Waals surface area contributed by atoms with Crippen LogP contribution in [0.15, 0.2) is 11.0 Å². The number of ether oxygens (including phenoxy) is 2. The molecule has 1 aromatic rings. The first kappa shape index (κ1) is 17.2. The second-order valence-electron chi connectivity index (χ2n) is 6.10. The third kappa shape index (κ3) is 4.93. The fourth-order valence-corrected chi connectivity index (χ4v) is 2.69. The van der Waals surface area contributed by atoms with Crippen LogP contribution < -0.4 is 16.2 Å². The van der Waals surface area contributed by atoms with E-state index in [4.69, 9.17) is 21.1 Å². The highest BCUT2D eigenvalue weighted by molar-refractivity contribution is 6.30. The van der Waals surface area contributed by atoms with E-state index in [1.54, 1.807) is 0 Å². The number of carbonyl (C=O) groups excluding carboxylic acids is 1. The fraction of sp³-hybridized carbons (Fsp3) is 0.667. The van der Waals surface area contributed by atoms with Crippen molar-refractivity contribution in [2.45, 2.75) is 31.4 Å². The Bertz CT molecular complexity index is 628. The highest BCUT2D eigenvalue weighted by atomic mass is 35.5. The molecule has 24 heavy (non-hydrogen) atoms. The molecule has 1 aliphatic carbocycles. The number of anilines is 1. The number of hydrogen-bond acceptors (Lipinski definition) is 6. The lowest BCUT2D eigenvalue weighted by Gasteiger charge is -2.19. The van der Waals surface area contributed by atoms with Crippen LogP contribution in [-0.2, 0) is 14.3 Å². The number of hydrogen-bond donors (Lipinski definition) is 3. The third-order valence-corrected chi connectivity index (χ3v) is 4.39. The van der Waals surface area contributed by atoms with Crippen molar-refractivity contribution in [2.75, 3.05) is 31.7 Å². The summed E-state index contributed by atoms with van der Waals surface area (Å²) in [7, 11) is 0. The summed E-state index contributed by atoms with van der Waals surface area (Å²) < 4.78 is 10.7. The predicted molar refractivity (Wildman–Crippen MR) is 88.2 cm³/mol. The second-order valence-corrected chi connectivity index (χ2v) is 6.51. The molecule has 1 aromatic heterocycles. The molecule has 132 valence electrons. The summed E-state index contributed by atoms with van der Waals surface area (Å²) in [4.78, 5) is 30.1. The zero-order valence-electron chi connectivity index (χ0n) is 13.2. The number of amides is 1. The van der Waals surface area contributed by atoms with E-state index in [-0.39, 0.29) is 29.7 Å². The maximum Gasteiger partial charge on any atom is 0.271 e. The lowest BCUT2D eigenvalue weighted by Crippen LogP contribution is -2.43. The SMILES string of the molecule is O=C(COC1CCOC1)NC(CNc1ncc(Cl)c(=O)[nH]1)C1CC1. The molecule has 0 bridgehead atoms. The van der Waals surface area contributed by atoms with E-state index in [0.29, 0.717) is 31.6 Å². The molecule has 8 nitrogen and oxygen atoms in total. The van der Waals surface area contributed by atoms with Gasteiger partial charge in [-0.05, 0) is 25.2 Å². The molecule has 2 unspecified atom stereocenters. The lowest BCUT2D eigenvalue weighted by molar-refractivity contribution is -0.128. The van der Waals surface area contributed by atoms with Gasteiger partial charge in [0.1, 0.15) is 11.6 Å². The van der Waals surface area contributed by atoms with Gasteiger partial charge in [0.2, 0.25) is 11.9 Å². The van der Waals surface area contributed by atoms with Gasteiger partial charge in [0.05, 0.1) is 18.9 Å². The van der Waals surface area contributed by atoms with Crippen molar-refractivity contribution in [3.63, 3.8) is 0 Å². The number of halogens is 1. The van der Waals surface area contributed by atoms with Crippen LogP contribution in [-0.4, -0.2) is 54.4 Å². The maximum absolute atomic E-state index is 12.1. The summed E-state index contributed by atoms with van der Waals surface area (Å²) in [5, 5.41) is 6.06. The number of nitrogens with one attached hydrogen (secondary N) is 3. The van der Waals surface area contributed by atoms with Crippen molar-refractivity contribution in [3.05, 3.63) is 21.6 Å². The van der Waals surface area contributed by atoms with Gasteiger partial charge in [-0.15, -0.1) is 0 Å². The second kappa shape index (κ2) is 7.96. The minimum absolute atomic E-state index is 0.0107. The number of carbonyl (C=O) groups is 1. The van der Waals surface area contributed by atoms with Crippen molar-refractivity contribution < 1.29 is 14.3 Å². The Labute approximate surface area is 144 Å². The zero-order valence-corrected chi connectivity index (χ0v) is 14.0. The van der Waals surface area contributed by atoms with Crippen LogP contribution in [0.5, 0.6) is 0 Å².